The van der Waals surface area contributed by atoms with Crippen LogP contribution in [-0.4, -0.2) is 36.0 Å². The van der Waals surface area contributed by atoms with Gasteiger partial charge in [-0.05, 0) is 38.9 Å². The monoisotopic (exact) mass is 154 g/mol. The number of rotatable bonds is 1. The summed E-state index contributed by atoms with van der Waals surface area (Å²) in [6, 6.07) is 0. The van der Waals surface area contributed by atoms with Crippen LogP contribution in [0.4, 0.5) is 0 Å². The fraction of sp³-hybridized carbons (Fsp3) is 0.875. The predicted octanol–water partition coefficient (Wildman–Crippen LogP) is 0.932. The van der Waals surface area contributed by atoms with Crippen LogP contribution in [-0.2, 0) is 0 Å². The van der Waals surface area contributed by atoms with Gasteiger partial charge in [0.2, 0.25) is 0 Å². The van der Waals surface area contributed by atoms with E-state index >= 15 is 0 Å². The number of piperidine rings is 3. The van der Waals surface area contributed by atoms with Crippen molar-refractivity contribution < 1.29 is 5.21 Å². The molecule has 3 rings (SSSR count). The quantitative estimate of drug-likeness (QED) is 0.346. The van der Waals surface area contributed by atoms with E-state index in [1.54, 1.807) is 6.21 Å². The molecule has 0 aromatic rings. The highest BCUT2D eigenvalue weighted by Crippen LogP contribution is 2.38. The Morgan fingerprint density at radius 2 is 1.73 bits per heavy atom. The number of nitrogens with zero attached hydrogens (tertiary/aromatic N) is 2. The lowest BCUT2D eigenvalue weighted by Crippen LogP contribution is -2.48. The Labute approximate surface area is 66.7 Å². The second kappa shape index (κ2) is 2.48. The summed E-state index contributed by atoms with van der Waals surface area (Å²) >= 11 is 0. The molecule has 0 unspecified atom stereocenters. The van der Waals surface area contributed by atoms with Gasteiger partial charge in [0, 0.05) is 11.6 Å². The molecule has 1 N–H and O–H groups in total. The van der Waals surface area contributed by atoms with Crippen molar-refractivity contribution >= 4 is 6.21 Å². The predicted molar refractivity (Wildman–Crippen MR) is 43.0 cm³/mol. The van der Waals surface area contributed by atoms with E-state index in [2.05, 4.69) is 10.1 Å². The van der Waals surface area contributed by atoms with E-state index in [-0.39, 0.29) is 5.41 Å². The van der Waals surface area contributed by atoms with Gasteiger partial charge in [0.05, 0.1) is 0 Å². The van der Waals surface area contributed by atoms with Gasteiger partial charge in [0.25, 0.3) is 0 Å². The molecular formula is C8H14N2O. The van der Waals surface area contributed by atoms with Gasteiger partial charge < -0.3 is 10.1 Å². The molecule has 0 spiro atoms. The van der Waals surface area contributed by atoms with Crippen molar-refractivity contribution in [3.8, 4) is 0 Å². The lowest BCUT2D eigenvalue weighted by molar-refractivity contribution is 0.0759. The SMILES string of the molecule is ON=CC12CCN(CC1)CC2. The van der Waals surface area contributed by atoms with Gasteiger partial charge in [0.15, 0.2) is 0 Å². The number of hydrogen-bond donors (Lipinski definition) is 1. The summed E-state index contributed by atoms with van der Waals surface area (Å²) in [5, 5.41) is 11.7. The fourth-order valence-corrected chi connectivity index (χ4v) is 2.17. The molecule has 0 radical (unpaired) electrons. The fourth-order valence-electron chi connectivity index (χ4n) is 2.17. The van der Waals surface area contributed by atoms with Gasteiger partial charge in [-0.2, -0.15) is 0 Å². The Bertz CT molecular complexity index is 157. The van der Waals surface area contributed by atoms with E-state index in [0.29, 0.717) is 0 Å². The van der Waals surface area contributed by atoms with Crippen molar-refractivity contribution in [3.63, 3.8) is 0 Å². The maximum absolute atomic E-state index is 8.49. The molecule has 0 atom stereocenters. The Morgan fingerprint density at radius 3 is 2.18 bits per heavy atom. The highest BCUT2D eigenvalue weighted by Gasteiger charge is 2.38. The van der Waals surface area contributed by atoms with Crippen molar-refractivity contribution in [2.24, 2.45) is 10.6 Å². The van der Waals surface area contributed by atoms with Crippen LogP contribution in [0.5, 0.6) is 0 Å². The van der Waals surface area contributed by atoms with Crippen molar-refractivity contribution in [2.45, 2.75) is 19.3 Å². The summed E-state index contributed by atoms with van der Waals surface area (Å²) < 4.78 is 0. The molecule has 3 saturated heterocycles. The molecule has 3 heterocycles. The molecule has 3 heteroatoms. The van der Waals surface area contributed by atoms with E-state index in [9.17, 15) is 0 Å². The molecule has 62 valence electrons. The summed E-state index contributed by atoms with van der Waals surface area (Å²) in [6.07, 6.45) is 5.29. The minimum atomic E-state index is 0.253. The van der Waals surface area contributed by atoms with Crippen LogP contribution in [0.1, 0.15) is 19.3 Å². The first kappa shape index (κ1) is 7.10. The van der Waals surface area contributed by atoms with Crippen LogP contribution in [0.15, 0.2) is 5.16 Å². The molecule has 2 bridgehead atoms. The smallest absolute Gasteiger partial charge is 0.0499 e. The molecule has 3 fully saturated rings. The lowest BCUT2D eigenvalue weighted by atomic mass is 9.73. The summed E-state index contributed by atoms with van der Waals surface area (Å²) in [6.45, 7) is 3.56. The Hall–Kier alpha value is -0.570. The van der Waals surface area contributed by atoms with Crippen molar-refractivity contribution in [1.82, 2.24) is 4.90 Å². The zero-order valence-corrected chi connectivity index (χ0v) is 6.66. The third-order valence-electron chi connectivity index (χ3n) is 3.11. The third-order valence-corrected chi connectivity index (χ3v) is 3.11. The van der Waals surface area contributed by atoms with E-state index < -0.39 is 0 Å². The second-order valence-electron chi connectivity index (χ2n) is 3.70. The van der Waals surface area contributed by atoms with Crippen LogP contribution in [0.3, 0.4) is 0 Å². The largest absolute Gasteiger partial charge is 0.411 e. The summed E-state index contributed by atoms with van der Waals surface area (Å²) in [5.74, 6) is 0. The highest BCUT2D eigenvalue weighted by molar-refractivity contribution is 5.65. The van der Waals surface area contributed by atoms with Gasteiger partial charge in [-0.25, -0.2) is 0 Å². The molecule has 0 aliphatic carbocycles. The molecule has 11 heavy (non-hydrogen) atoms. The third kappa shape index (κ3) is 1.13. The maximum atomic E-state index is 8.49. The Morgan fingerprint density at radius 1 is 1.18 bits per heavy atom. The zero-order valence-electron chi connectivity index (χ0n) is 6.66. The Balaban J connectivity index is 2.11. The molecule has 0 amide bonds. The molecule has 0 aromatic carbocycles. The van der Waals surface area contributed by atoms with Crippen molar-refractivity contribution in [3.05, 3.63) is 0 Å². The number of oxime groups is 1. The molecule has 0 aromatic heterocycles. The van der Waals surface area contributed by atoms with E-state index in [4.69, 9.17) is 5.21 Å². The summed E-state index contributed by atoms with van der Waals surface area (Å²) in [5.41, 5.74) is 0.253. The molecular weight excluding hydrogens is 140 g/mol. The van der Waals surface area contributed by atoms with E-state index in [1.165, 1.54) is 38.9 Å². The summed E-state index contributed by atoms with van der Waals surface area (Å²) in [4.78, 5) is 2.48. The van der Waals surface area contributed by atoms with Gasteiger partial charge in [-0.1, -0.05) is 0 Å². The number of hydrogen-bond acceptors (Lipinski definition) is 3. The highest BCUT2D eigenvalue weighted by atomic mass is 16.4. The second-order valence-corrected chi connectivity index (χ2v) is 3.70. The standard InChI is InChI=1S/C8H14N2O/c11-9-7-8-1-4-10(5-2-8)6-3-8/h7,11H,1-6H2. The van der Waals surface area contributed by atoms with Gasteiger partial charge in [-0.15, -0.1) is 5.16 Å². The first-order chi connectivity index (χ1) is 5.35. The van der Waals surface area contributed by atoms with Crippen LogP contribution in [0.2, 0.25) is 0 Å². The first-order valence-corrected chi connectivity index (χ1v) is 4.26. The first-order valence-electron chi connectivity index (χ1n) is 4.26. The molecule has 3 nitrogen and oxygen atoms in total. The minimum Gasteiger partial charge on any atom is -0.411 e. The normalized spacial score (nSPS) is 43.5. The van der Waals surface area contributed by atoms with Crippen molar-refractivity contribution in [2.75, 3.05) is 19.6 Å². The molecule has 3 aliphatic heterocycles. The van der Waals surface area contributed by atoms with Crippen LogP contribution < -0.4 is 0 Å². The maximum Gasteiger partial charge on any atom is 0.0499 e. The van der Waals surface area contributed by atoms with E-state index in [1.807, 2.05) is 0 Å². The average molecular weight is 154 g/mol. The molecule has 3 aliphatic rings. The summed E-state index contributed by atoms with van der Waals surface area (Å²) in [7, 11) is 0. The minimum absolute atomic E-state index is 0.253. The topological polar surface area (TPSA) is 35.8 Å². The Kier molecular flexibility index (Phi) is 1.60. The van der Waals surface area contributed by atoms with Gasteiger partial charge >= 0.3 is 0 Å². The van der Waals surface area contributed by atoms with Gasteiger partial charge in [0.1, 0.15) is 0 Å². The van der Waals surface area contributed by atoms with Crippen LogP contribution in [0.25, 0.3) is 0 Å². The number of fused-ring (bicyclic) bond motifs is 3. The van der Waals surface area contributed by atoms with E-state index in [0.717, 1.165) is 0 Å². The van der Waals surface area contributed by atoms with Crippen LogP contribution in [0, 0.1) is 5.41 Å². The van der Waals surface area contributed by atoms with Gasteiger partial charge in [-0.3, -0.25) is 0 Å². The van der Waals surface area contributed by atoms with Crippen molar-refractivity contribution in [1.29, 1.82) is 0 Å². The lowest BCUT2D eigenvalue weighted by Gasteiger charge is -2.45. The zero-order chi connectivity index (χ0) is 7.73. The van der Waals surface area contributed by atoms with Crippen LogP contribution >= 0.6 is 0 Å². The molecule has 0 saturated carbocycles. The average Bonchev–Trinajstić information content (AvgIpc) is 2.07.